The molecule has 2 aromatic rings. The largest absolute Gasteiger partial charge is 0.493 e. The Morgan fingerprint density at radius 1 is 1.10 bits per heavy atom. The predicted molar refractivity (Wildman–Crippen MR) is 120 cm³/mol. The highest BCUT2D eigenvalue weighted by Gasteiger charge is 2.25. The number of methoxy groups -OCH3 is 2. The first kappa shape index (κ1) is 23.0. The molecule has 3 rings (SSSR count). The van der Waals surface area contributed by atoms with Crippen LogP contribution < -0.4 is 20.1 Å². The second-order valence-corrected chi connectivity index (χ2v) is 8.12. The first-order valence-corrected chi connectivity index (χ1v) is 10.6. The lowest BCUT2D eigenvalue weighted by Crippen LogP contribution is -2.50. The summed E-state index contributed by atoms with van der Waals surface area (Å²) in [5.74, 6) is 0.991. The minimum Gasteiger partial charge on any atom is -0.493 e. The van der Waals surface area contributed by atoms with Crippen LogP contribution in [0.4, 0.5) is 4.79 Å². The highest BCUT2D eigenvalue weighted by Crippen LogP contribution is 2.33. The molecule has 0 saturated carbocycles. The third-order valence-electron chi connectivity index (χ3n) is 5.21. The normalized spacial score (nSPS) is 13.8. The average molecular weight is 466 g/mol. The van der Waals surface area contributed by atoms with E-state index in [1.54, 1.807) is 44.2 Å². The quantitative estimate of drug-likeness (QED) is 0.679. The number of hydrogen-bond donors (Lipinski definition) is 2. The van der Waals surface area contributed by atoms with Crippen molar-refractivity contribution in [3.05, 3.63) is 57.1 Å². The number of amides is 3. The number of rotatable bonds is 6. The number of fused-ring (bicyclic) bond motifs is 1. The molecular formula is C22H25Cl2N3O4. The van der Waals surface area contributed by atoms with Crippen LogP contribution in [0.2, 0.25) is 10.0 Å². The fourth-order valence-electron chi connectivity index (χ4n) is 3.40. The van der Waals surface area contributed by atoms with Crippen LogP contribution in [0.25, 0.3) is 0 Å². The number of hydrogen-bond acceptors (Lipinski definition) is 4. The van der Waals surface area contributed by atoms with E-state index in [0.717, 1.165) is 16.7 Å². The molecule has 1 aliphatic heterocycles. The van der Waals surface area contributed by atoms with E-state index in [-0.39, 0.29) is 18.5 Å². The van der Waals surface area contributed by atoms with Crippen molar-refractivity contribution in [1.29, 1.82) is 0 Å². The van der Waals surface area contributed by atoms with Gasteiger partial charge in [-0.05, 0) is 54.3 Å². The Morgan fingerprint density at radius 2 is 1.77 bits per heavy atom. The van der Waals surface area contributed by atoms with Gasteiger partial charge in [0.05, 0.1) is 14.2 Å². The van der Waals surface area contributed by atoms with Crippen LogP contribution in [0.1, 0.15) is 23.6 Å². The van der Waals surface area contributed by atoms with Gasteiger partial charge in [0.1, 0.15) is 6.04 Å². The van der Waals surface area contributed by atoms with Crippen LogP contribution in [0.5, 0.6) is 11.5 Å². The van der Waals surface area contributed by atoms with Crippen molar-refractivity contribution in [3.8, 4) is 11.5 Å². The molecule has 0 aromatic heterocycles. The van der Waals surface area contributed by atoms with Gasteiger partial charge in [-0.25, -0.2) is 4.79 Å². The van der Waals surface area contributed by atoms with Gasteiger partial charge in [-0.15, -0.1) is 0 Å². The zero-order valence-corrected chi connectivity index (χ0v) is 19.1. The molecule has 0 radical (unpaired) electrons. The van der Waals surface area contributed by atoms with Gasteiger partial charge in [0.25, 0.3) is 0 Å². The number of carbonyl (C=O) groups excluding carboxylic acids is 2. The number of nitrogens with zero attached hydrogens (tertiary/aromatic N) is 1. The SMILES string of the molecule is COc1cc2c(cc1OC)CN(C(=O)N[C@@H](C)C(=O)NCc1ccc(Cl)cc1Cl)CC2. The summed E-state index contributed by atoms with van der Waals surface area (Å²) in [5, 5.41) is 6.54. The number of nitrogens with one attached hydrogen (secondary N) is 2. The average Bonchev–Trinajstić information content (AvgIpc) is 2.76. The molecule has 0 saturated heterocycles. The monoisotopic (exact) mass is 465 g/mol. The highest BCUT2D eigenvalue weighted by atomic mass is 35.5. The summed E-state index contributed by atoms with van der Waals surface area (Å²) in [7, 11) is 3.18. The molecule has 0 fully saturated rings. The van der Waals surface area contributed by atoms with Gasteiger partial charge in [0.2, 0.25) is 5.91 Å². The maximum Gasteiger partial charge on any atom is 0.318 e. The first-order chi connectivity index (χ1) is 14.8. The van der Waals surface area contributed by atoms with Crippen LogP contribution >= 0.6 is 23.2 Å². The smallest absolute Gasteiger partial charge is 0.318 e. The third kappa shape index (κ3) is 5.54. The molecule has 166 valence electrons. The molecule has 0 aliphatic carbocycles. The lowest BCUT2D eigenvalue weighted by atomic mass is 9.99. The standard InChI is InChI=1S/C22H25Cl2N3O4/c1-13(21(28)25-11-15-4-5-17(23)10-18(15)24)26-22(29)27-7-6-14-8-19(30-2)20(31-3)9-16(14)12-27/h4-5,8-10,13H,6-7,11-12H2,1-3H3,(H,25,28)(H,26,29)/t13-/m0/s1. The predicted octanol–water partition coefficient (Wildman–Crippen LogP) is 3.78. The summed E-state index contributed by atoms with van der Waals surface area (Å²) < 4.78 is 10.7. The molecule has 31 heavy (non-hydrogen) atoms. The van der Waals surface area contributed by atoms with Gasteiger partial charge in [-0.1, -0.05) is 29.3 Å². The van der Waals surface area contributed by atoms with E-state index in [1.807, 2.05) is 12.1 Å². The molecule has 1 aliphatic rings. The summed E-state index contributed by atoms with van der Waals surface area (Å²) in [5.41, 5.74) is 2.86. The second-order valence-electron chi connectivity index (χ2n) is 7.27. The van der Waals surface area contributed by atoms with Crippen molar-refractivity contribution in [2.24, 2.45) is 0 Å². The number of carbonyl (C=O) groups is 2. The van der Waals surface area contributed by atoms with Gasteiger partial charge in [-0.2, -0.15) is 0 Å². The molecule has 1 atom stereocenters. The maximum atomic E-state index is 12.7. The molecule has 0 unspecified atom stereocenters. The van der Waals surface area contributed by atoms with Crippen molar-refractivity contribution >= 4 is 35.1 Å². The third-order valence-corrected chi connectivity index (χ3v) is 5.79. The summed E-state index contributed by atoms with van der Waals surface area (Å²) in [6, 6.07) is 7.91. The Kier molecular flexibility index (Phi) is 7.51. The zero-order valence-electron chi connectivity index (χ0n) is 17.6. The Hall–Kier alpha value is -2.64. The van der Waals surface area contributed by atoms with E-state index in [2.05, 4.69) is 10.6 Å². The Balaban J connectivity index is 1.56. The topological polar surface area (TPSA) is 79.9 Å². The number of benzene rings is 2. The van der Waals surface area contributed by atoms with Gasteiger partial charge in [-0.3, -0.25) is 4.79 Å². The number of halogens is 2. The second kappa shape index (κ2) is 10.1. The van der Waals surface area contributed by atoms with E-state index in [9.17, 15) is 9.59 Å². The zero-order chi connectivity index (χ0) is 22.5. The summed E-state index contributed by atoms with van der Waals surface area (Å²) >= 11 is 12.0. The Labute approximate surface area is 191 Å². The minimum absolute atomic E-state index is 0.244. The van der Waals surface area contributed by atoms with E-state index in [4.69, 9.17) is 32.7 Å². The van der Waals surface area contributed by atoms with Crippen molar-refractivity contribution in [3.63, 3.8) is 0 Å². The Morgan fingerprint density at radius 3 is 2.42 bits per heavy atom. The number of ether oxygens (including phenoxy) is 2. The van der Waals surface area contributed by atoms with Crippen LogP contribution in [-0.2, 0) is 24.3 Å². The van der Waals surface area contributed by atoms with Gasteiger partial charge < -0.3 is 25.0 Å². The van der Waals surface area contributed by atoms with Crippen molar-refractivity contribution in [1.82, 2.24) is 15.5 Å². The summed E-state index contributed by atoms with van der Waals surface area (Å²) in [6.07, 6.45) is 0.693. The van der Waals surface area contributed by atoms with Gasteiger partial charge >= 0.3 is 6.03 Å². The fraction of sp³-hybridized carbons (Fsp3) is 0.364. The lowest BCUT2D eigenvalue weighted by molar-refractivity contribution is -0.122. The van der Waals surface area contributed by atoms with Gasteiger partial charge in [0.15, 0.2) is 11.5 Å². The van der Waals surface area contributed by atoms with Crippen molar-refractivity contribution in [2.75, 3.05) is 20.8 Å². The van der Waals surface area contributed by atoms with Crippen LogP contribution in [0, 0.1) is 0 Å². The minimum atomic E-state index is -0.703. The summed E-state index contributed by atoms with van der Waals surface area (Å²) in [4.78, 5) is 26.8. The Bertz CT molecular complexity index is 983. The molecule has 3 amide bonds. The van der Waals surface area contributed by atoms with Crippen LogP contribution in [0.15, 0.2) is 30.3 Å². The van der Waals surface area contributed by atoms with Crippen molar-refractivity contribution in [2.45, 2.75) is 32.5 Å². The molecule has 7 nitrogen and oxygen atoms in total. The van der Waals surface area contributed by atoms with Crippen LogP contribution in [-0.4, -0.2) is 43.6 Å². The molecule has 9 heteroatoms. The van der Waals surface area contributed by atoms with E-state index < -0.39 is 6.04 Å². The van der Waals surface area contributed by atoms with E-state index in [0.29, 0.717) is 41.1 Å². The molecule has 0 bridgehead atoms. The van der Waals surface area contributed by atoms with E-state index in [1.165, 1.54) is 0 Å². The summed E-state index contributed by atoms with van der Waals surface area (Å²) in [6.45, 7) is 2.86. The molecule has 2 N–H and O–H groups in total. The highest BCUT2D eigenvalue weighted by molar-refractivity contribution is 6.35. The molecule has 2 aromatic carbocycles. The first-order valence-electron chi connectivity index (χ1n) is 9.83. The van der Waals surface area contributed by atoms with Crippen LogP contribution in [0.3, 0.4) is 0 Å². The molecule has 1 heterocycles. The van der Waals surface area contributed by atoms with Crippen molar-refractivity contribution < 1.29 is 19.1 Å². The molecular weight excluding hydrogens is 441 g/mol. The lowest BCUT2D eigenvalue weighted by Gasteiger charge is -2.30. The fourth-order valence-corrected chi connectivity index (χ4v) is 3.87. The van der Waals surface area contributed by atoms with E-state index >= 15 is 0 Å². The van der Waals surface area contributed by atoms with Gasteiger partial charge in [0, 0.05) is 29.7 Å². The number of urea groups is 1. The maximum absolute atomic E-state index is 12.7. The molecule has 0 spiro atoms.